The first kappa shape index (κ1) is 23.7. The third kappa shape index (κ3) is 3.98. The molecule has 37 heavy (non-hydrogen) atoms. The van der Waals surface area contributed by atoms with Crippen molar-refractivity contribution in [1.82, 2.24) is 4.57 Å². The van der Waals surface area contributed by atoms with E-state index in [1.807, 2.05) is 54.6 Å². The Balaban J connectivity index is 1.60. The summed E-state index contributed by atoms with van der Waals surface area (Å²) in [6.07, 6.45) is 1.80. The summed E-state index contributed by atoms with van der Waals surface area (Å²) < 4.78 is 19.3. The Hall–Kier alpha value is -3.69. The largest absolute Gasteiger partial charge is 0.463 e. The molecule has 0 bridgehead atoms. The van der Waals surface area contributed by atoms with E-state index >= 15 is 0 Å². The van der Waals surface area contributed by atoms with Crippen LogP contribution in [0.4, 0.5) is 0 Å². The molecular weight excluding hydrogens is 556 g/mol. The number of hydrogen-bond donors (Lipinski definition) is 0. The van der Waals surface area contributed by atoms with Crippen LogP contribution >= 0.6 is 27.3 Å². The number of carbonyl (C=O) groups is 1. The highest BCUT2D eigenvalue weighted by Gasteiger charge is 2.34. The van der Waals surface area contributed by atoms with Crippen LogP contribution in [0.3, 0.4) is 0 Å². The number of esters is 1. The molecule has 7 nitrogen and oxygen atoms in total. The number of ether oxygens (including phenoxy) is 3. The van der Waals surface area contributed by atoms with Crippen molar-refractivity contribution in [3.63, 3.8) is 0 Å². The first-order valence-electron chi connectivity index (χ1n) is 11.7. The molecule has 0 saturated carbocycles. The molecule has 2 aliphatic rings. The summed E-state index contributed by atoms with van der Waals surface area (Å²) >= 11 is 4.85. The fraction of sp³-hybridized carbons (Fsp3) is 0.179. The van der Waals surface area contributed by atoms with Crippen LogP contribution in [0.15, 0.2) is 80.1 Å². The van der Waals surface area contributed by atoms with Crippen molar-refractivity contribution in [1.29, 1.82) is 0 Å². The molecule has 6 rings (SSSR count). The Morgan fingerprint density at radius 2 is 1.95 bits per heavy atom. The summed E-state index contributed by atoms with van der Waals surface area (Å²) in [7, 11) is 0. The lowest BCUT2D eigenvalue weighted by Gasteiger charge is -2.25. The maximum Gasteiger partial charge on any atom is 0.338 e. The molecule has 3 heterocycles. The number of thiazole rings is 1. The van der Waals surface area contributed by atoms with Gasteiger partial charge in [0.25, 0.3) is 5.56 Å². The molecule has 0 spiro atoms. The Morgan fingerprint density at radius 1 is 1.19 bits per heavy atom. The van der Waals surface area contributed by atoms with E-state index in [1.54, 1.807) is 24.5 Å². The first-order chi connectivity index (χ1) is 18.0. The number of halogens is 1. The molecule has 3 aromatic carbocycles. The lowest BCUT2D eigenvalue weighted by Crippen LogP contribution is -2.40. The number of benzene rings is 3. The Morgan fingerprint density at radius 3 is 2.76 bits per heavy atom. The van der Waals surface area contributed by atoms with Crippen molar-refractivity contribution in [3.8, 4) is 11.5 Å². The lowest BCUT2D eigenvalue weighted by molar-refractivity contribution is -0.139. The summed E-state index contributed by atoms with van der Waals surface area (Å²) in [5.74, 6) is 0.793. The van der Waals surface area contributed by atoms with Crippen LogP contribution in [-0.4, -0.2) is 23.9 Å². The fourth-order valence-corrected chi connectivity index (χ4v) is 6.23. The monoisotopic (exact) mass is 576 g/mol. The molecule has 0 N–H and O–H groups in total. The van der Waals surface area contributed by atoms with Crippen molar-refractivity contribution >= 4 is 50.1 Å². The number of nitrogens with zero attached hydrogens (tertiary/aromatic N) is 2. The van der Waals surface area contributed by atoms with Crippen molar-refractivity contribution in [2.75, 3.05) is 13.4 Å². The molecule has 0 saturated heterocycles. The van der Waals surface area contributed by atoms with Crippen LogP contribution in [0, 0.1) is 0 Å². The van der Waals surface area contributed by atoms with Gasteiger partial charge in [-0.1, -0.05) is 69.7 Å². The van der Waals surface area contributed by atoms with Crippen molar-refractivity contribution in [3.05, 3.63) is 101 Å². The van der Waals surface area contributed by atoms with E-state index in [9.17, 15) is 9.59 Å². The van der Waals surface area contributed by atoms with Crippen molar-refractivity contribution < 1.29 is 19.0 Å². The van der Waals surface area contributed by atoms with Gasteiger partial charge in [0, 0.05) is 4.47 Å². The van der Waals surface area contributed by atoms with Gasteiger partial charge in [-0.15, -0.1) is 0 Å². The molecule has 0 unspecified atom stereocenters. The topological polar surface area (TPSA) is 79.1 Å². The average molecular weight is 577 g/mol. The Bertz CT molecular complexity index is 1800. The van der Waals surface area contributed by atoms with Crippen LogP contribution in [0.25, 0.3) is 16.8 Å². The minimum absolute atomic E-state index is 0.161. The SMILES string of the molecule is CCOC(=O)C1=C(C)N=c2s/c(=C\c3cc4c(cc3Br)OCO4)c(=O)n2[C@@H]1c1cccc2ccccc12. The molecule has 4 aromatic rings. The summed E-state index contributed by atoms with van der Waals surface area (Å²) in [6.45, 7) is 3.93. The second-order valence-corrected chi connectivity index (χ2v) is 10.5. The molecule has 1 atom stereocenters. The van der Waals surface area contributed by atoms with Crippen LogP contribution in [0.2, 0.25) is 0 Å². The number of hydrogen-bond acceptors (Lipinski definition) is 7. The fourth-order valence-electron chi connectivity index (χ4n) is 4.76. The predicted octanol–water partition coefficient (Wildman–Crippen LogP) is 4.44. The first-order valence-corrected chi connectivity index (χ1v) is 13.3. The molecule has 186 valence electrons. The van der Waals surface area contributed by atoms with Gasteiger partial charge in [0.05, 0.1) is 28.5 Å². The molecular formula is C28H21BrN2O5S. The standard InChI is InChI=1S/C28H21BrN2O5S/c1-3-34-27(33)24-15(2)30-28-31(25(24)19-10-6-8-16-7-4-5-9-18(16)19)26(32)23(37-28)12-17-11-21-22(13-20(17)29)36-14-35-21/h4-13,25H,3,14H2,1-2H3/b23-12-/t25-/m1/s1. The number of carbonyl (C=O) groups excluding carboxylic acids is 1. The second-order valence-electron chi connectivity index (χ2n) is 8.60. The zero-order chi connectivity index (χ0) is 25.7. The zero-order valence-electron chi connectivity index (χ0n) is 20.0. The molecule has 9 heteroatoms. The highest BCUT2D eigenvalue weighted by atomic mass is 79.9. The summed E-state index contributed by atoms with van der Waals surface area (Å²) in [5.41, 5.74) is 2.28. The lowest BCUT2D eigenvalue weighted by atomic mass is 9.91. The number of rotatable bonds is 4. The molecule has 0 radical (unpaired) electrons. The third-order valence-electron chi connectivity index (χ3n) is 6.41. The van der Waals surface area contributed by atoms with Crippen molar-refractivity contribution in [2.45, 2.75) is 19.9 Å². The van der Waals surface area contributed by atoms with Crippen LogP contribution in [-0.2, 0) is 9.53 Å². The van der Waals surface area contributed by atoms with Gasteiger partial charge in [-0.25, -0.2) is 9.79 Å². The van der Waals surface area contributed by atoms with Crippen LogP contribution in [0.1, 0.15) is 31.0 Å². The van der Waals surface area contributed by atoms with E-state index in [2.05, 4.69) is 20.9 Å². The van der Waals surface area contributed by atoms with E-state index in [1.165, 1.54) is 11.3 Å². The predicted molar refractivity (Wildman–Crippen MR) is 145 cm³/mol. The van der Waals surface area contributed by atoms with E-state index < -0.39 is 12.0 Å². The molecule has 0 aliphatic carbocycles. The average Bonchev–Trinajstić information content (AvgIpc) is 3.46. The molecule has 1 aromatic heterocycles. The Kier molecular flexibility index (Phi) is 5.97. The van der Waals surface area contributed by atoms with Crippen molar-refractivity contribution in [2.24, 2.45) is 4.99 Å². The van der Waals surface area contributed by atoms with Gasteiger partial charge < -0.3 is 14.2 Å². The highest BCUT2D eigenvalue weighted by molar-refractivity contribution is 9.10. The Labute approximate surface area is 224 Å². The number of allylic oxidation sites excluding steroid dienone is 1. The maximum atomic E-state index is 14.0. The highest BCUT2D eigenvalue weighted by Crippen LogP contribution is 2.37. The summed E-state index contributed by atoms with van der Waals surface area (Å²) in [6, 6.07) is 16.8. The van der Waals surface area contributed by atoms with Crippen LogP contribution < -0.4 is 24.4 Å². The molecule has 2 aliphatic heterocycles. The quantitative estimate of drug-likeness (QED) is 0.335. The van der Waals surface area contributed by atoms with Crippen LogP contribution in [0.5, 0.6) is 11.5 Å². The van der Waals surface area contributed by atoms with E-state index in [0.717, 1.165) is 26.4 Å². The van der Waals surface area contributed by atoms with Gasteiger partial charge in [-0.05, 0) is 54.0 Å². The van der Waals surface area contributed by atoms with Gasteiger partial charge in [0.15, 0.2) is 16.3 Å². The second kappa shape index (κ2) is 9.32. The van der Waals surface area contributed by atoms with Gasteiger partial charge in [0.1, 0.15) is 0 Å². The minimum Gasteiger partial charge on any atom is -0.463 e. The number of aromatic nitrogens is 1. The van der Waals surface area contributed by atoms with Gasteiger partial charge in [-0.3, -0.25) is 9.36 Å². The summed E-state index contributed by atoms with van der Waals surface area (Å²) in [4.78, 5) is 32.4. The van der Waals surface area contributed by atoms with Gasteiger partial charge in [0.2, 0.25) is 6.79 Å². The zero-order valence-corrected chi connectivity index (χ0v) is 22.4. The maximum absolute atomic E-state index is 14.0. The summed E-state index contributed by atoms with van der Waals surface area (Å²) in [5, 5.41) is 1.98. The molecule has 0 amide bonds. The van der Waals surface area contributed by atoms with Gasteiger partial charge >= 0.3 is 5.97 Å². The number of fused-ring (bicyclic) bond motifs is 3. The molecule has 0 fully saturated rings. The van der Waals surface area contributed by atoms with Gasteiger partial charge in [-0.2, -0.15) is 0 Å². The third-order valence-corrected chi connectivity index (χ3v) is 8.08. The van der Waals surface area contributed by atoms with E-state index in [0.29, 0.717) is 32.1 Å². The van der Waals surface area contributed by atoms with E-state index in [-0.39, 0.29) is 19.0 Å². The normalized spacial score (nSPS) is 16.6. The smallest absolute Gasteiger partial charge is 0.338 e. The minimum atomic E-state index is -0.677. The van der Waals surface area contributed by atoms with E-state index in [4.69, 9.17) is 14.2 Å².